The second-order valence-corrected chi connectivity index (χ2v) is 6.97. The van der Waals surface area contributed by atoms with Gasteiger partial charge in [-0.3, -0.25) is 4.79 Å². The Morgan fingerprint density at radius 1 is 1.03 bits per heavy atom. The number of hydrogen-bond donors (Lipinski definition) is 2. The molecule has 0 saturated carbocycles. The van der Waals surface area contributed by atoms with E-state index in [2.05, 4.69) is 34.0 Å². The number of aromatic amines is 1. The number of nitrogens with zero attached hydrogens (tertiary/aromatic N) is 2. The molecule has 1 amide bonds. The number of fused-ring (bicyclic) bond motifs is 1. The Hall–Kier alpha value is -3.67. The Morgan fingerprint density at radius 3 is 2.40 bits per heavy atom. The summed E-state index contributed by atoms with van der Waals surface area (Å²) in [6.07, 6.45) is 0. The number of halogens is 1. The summed E-state index contributed by atoms with van der Waals surface area (Å²) in [5.74, 6) is 0.202. The predicted molar refractivity (Wildman–Crippen MR) is 119 cm³/mol. The highest BCUT2D eigenvalue weighted by Crippen LogP contribution is 2.32. The van der Waals surface area contributed by atoms with Gasteiger partial charge in [-0.25, -0.2) is 9.37 Å². The number of benzene rings is 3. The molecule has 4 aromatic rings. The molecule has 3 aromatic carbocycles. The molecule has 1 aromatic heterocycles. The number of aromatic nitrogens is 2. The molecule has 4 rings (SSSR count). The molecule has 0 spiro atoms. The summed E-state index contributed by atoms with van der Waals surface area (Å²) in [5.41, 5.74) is 4.61. The van der Waals surface area contributed by atoms with Crippen molar-refractivity contribution in [3.8, 4) is 11.4 Å². The van der Waals surface area contributed by atoms with Crippen LogP contribution in [0.25, 0.3) is 22.4 Å². The van der Waals surface area contributed by atoms with Gasteiger partial charge in [-0.15, -0.1) is 0 Å². The monoisotopic (exact) mass is 402 g/mol. The third-order valence-corrected chi connectivity index (χ3v) is 5.11. The Bertz CT molecular complexity index is 1170. The summed E-state index contributed by atoms with van der Waals surface area (Å²) in [6, 6.07) is 19.2. The molecule has 5 nitrogen and oxygen atoms in total. The molecule has 1 heterocycles. The Morgan fingerprint density at radius 2 is 1.73 bits per heavy atom. The first-order chi connectivity index (χ1) is 14.6. The highest BCUT2D eigenvalue weighted by Gasteiger charge is 2.16. The Labute approximate surface area is 174 Å². The maximum atomic E-state index is 13.3. The Balaban J connectivity index is 1.77. The summed E-state index contributed by atoms with van der Waals surface area (Å²) in [4.78, 5) is 22.9. The summed E-state index contributed by atoms with van der Waals surface area (Å²) in [6.45, 7) is 5.74. The van der Waals surface area contributed by atoms with Crippen LogP contribution < -0.4 is 10.2 Å². The first-order valence-electron chi connectivity index (χ1n) is 10.00. The van der Waals surface area contributed by atoms with Crippen LogP contribution in [-0.2, 0) is 0 Å². The van der Waals surface area contributed by atoms with Gasteiger partial charge < -0.3 is 15.2 Å². The maximum Gasteiger partial charge on any atom is 0.255 e. The number of H-pyrrole nitrogens is 1. The molecule has 0 aliphatic heterocycles. The van der Waals surface area contributed by atoms with E-state index in [0.29, 0.717) is 17.1 Å². The van der Waals surface area contributed by atoms with Crippen molar-refractivity contribution >= 4 is 28.3 Å². The quantitative estimate of drug-likeness (QED) is 0.450. The van der Waals surface area contributed by atoms with Gasteiger partial charge in [-0.1, -0.05) is 18.2 Å². The van der Waals surface area contributed by atoms with E-state index in [1.807, 2.05) is 30.3 Å². The first kappa shape index (κ1) is 19.6. The van der Waals surface area contributed by atoms with Crippen molar-refractivity contribution in [2.75, 3.05) is 23.3 Å². The number of amides is 1. The fourth-order valence-corrected chi connectivity index (χ4v) is 3.50. The lowest BCUT2D eigenvalue weighted by atomic mass is 10.1. The van der Waals surface area contributed by atoms with Crippen LogP contribution in [0.3, 0.4) is 0 Å². The van der Waals surface area contributed by atoms with E-state index in [-0.39, 0.29) is 11.7 Å². The lowest BCUT2D eigenvalue weighted by molar-refractivity contribution is 0.102. The number of nitrogens with one attached hydrogen (secondary N) is 2. The molecule has 0 saturated heterocycles. The SMILES string of the molecule is CCN(CC)c1cc2nc(-c3ccc(F)cc3)[nH]c2cc1NC(=O)c1ccccc1. The zero-order valence-corrected chi connectivity index (χ0v) is 16.9. The van der Waals surface area contributed by atoms with Crippen molar-refractivity contribution in [1.29, 1.82) is 0 Å². The van der Waals surface area contributed by atoms with Gasteiger partial charge in [0.25, 0.3) is 5.91 Å². The average Bonchev–Trinajstić information content (AvgIpc) is 3.18. The molecule has 0 unspecified atom stereocenters. The van der Waals surface area contributed by atoms with Crippen molar-refractivity contribution in [3.63, 3.8) is 0 Å². The summed E-state index contributed by atoms with van der Waals surface area (Å²) >= 11 is 0. The highest BCUT2D eigenvalue weighted by molar-refractivity contribution is 6.07. The zero-order chi connectivity index (χ0) is 21.1. The molecule has 6 heteroatoms. The second-order valence-electron chi connectivity index (χ2n) is 6.97. The van der Waals surface area contributed by atoms with Gasteiger partial charge in [0.05, 0.1) is 22.4 Å². The smallest absolute Gasteiger partial charge is 0.255 e. The van der Waals surface area contributed by atoms with Crippen molar-refractivity contribution in [1.82, 2.24) is 9.97 Å². The summed E-state index contributed by atoms with van der Waals surface area (Å²) in [7, 11) is 0. The lowest BCUT2D eigenvalue weighted by Crippen LogP contribution is -2.24. The van der Waals surface area contributed by atoms with Gasteiger partial charge in [0, 0.05) is 24.2 Å². The van der Waals surface area contributed by atoms with E-state index in [9.17, 15) is 9.18 Å². The minimum atomic E-state index is -0.287. The molecule has 0 radical (unpaired) electrons. The van der Waals surface area contributed by atoms with Crippen LogP contribution in [0, 0.1) is 5.82 Å². The van der Waals surface area contributed by atoms with Crippen LogP contribution in [0.5, 0.6) is 0 Å². The number of hydrogen-bond acceptors (Lipinski definition) is 3. The molecule has 2 N–H and O–H groups in total. The van der Waals surface area contributed by atoms with Crippen LogP contribution >= 0.6 is 0 Å². The standard InChI is InChI=1S/C24H23FN4O/c1-3-29(4-2)22-15-20-19(26-23(27-20)16-10-12-18(25)13-11-16)14-21(22)28-24(30)17-8-6-5-7-9-17/h5-15H,3-4H2,1-2H3,(H,26,27)(H,28,30). The largest absolute Gasteiger partial charge is 0.370 e. The van der Waals surface area contributed by atoms with Gasteiger partial charge in [-0.05, 0) is 62.4 Å². The fraction of sp³-hybridized carbons (Fsp3) is 0.167. The number of anilines is 2. The van der Waals surface area contributed by atoms with Crippen LogP contribution in [-0.4, -0.2) is 29.0 Å². The van der Waals surface area contributed by atoms with E-state index in [0.717, 1.165) is 35.4 Å². The topological polar surface area (TPSA) is 61.0 Å². The molecular weight excluding hydrogens is 379 g/mol. The first-order valence-corrected chi connectivity index (χ1v) is 10.00. The molecule has 30 heavy (non-hydrogen) atoms. The van der Waals surface area contributed by atoms with Gasteiger partial charge in [0.15, 0.2) is 0 Å². The minimum Gasteiger partial charge on any atom is -0.370 e. The summed E-state index contributed by atoms with van der Waals surface area (Å²) < 4.78 is 13.3. The average molecular weight is 402 g/mol. The highest BCUT2D eigenvalue weighted by atomic mass is 19.1. The number of rotatable bonds is 6. The van der Waals surface area contributed by atoms with E-state index in [1.54, 1.807) is 24.3 Å². The van der Waals surface area contributed by atoms with E-state index < -0.39 is 0 Å². The third kappa shape index (κ3) is 3.89. The van der Waals surface area contributed by atoms with Crippen LogP contribution in [0.2, 0.25) is 0 Å². The van der Waals surface area contributed by atoms with Crippen molar-refractivity contribution in [3.05, 3.63) is 78.1 Å². The molecule has 0 aliphatic rings. The van der Waals surface area contributed by atoms with Crippen molar-refractivity contribution in [2.24, 2.45) is 0 Å². The summed E-state index contributed by atoms with van der Waals surface area (Å²) in [5, 5.41) is 3.05. The molecule has 0 aliphatic carbocycles. The van der Waals surface area contributed by atoms with Crippen LogP contribution in [0.15, 0.2) is 66.7 Å². The molecule has 0 fully saturated rings. The van der Waals surface area contributed by atoms with Gasteiger partial charge >= 0.3 is 0 Å². The van der Waals surface area contributed by atoms with E-state index in [4.69, 9.17) is 0 Å². The Kier molecular flexibility index (Phi) is 5.48. The second kappa shape index (κ2) is 8.37. The molecular formula is C24H23FN4O. The molecule has 0 bridgehead atoms. The number of carbonyl (C=O) groups is 1. The fourth-order valence-electron chi connectivity index (χ4n) is 3.50. The predicted octanol–water partition coefficient (Wildman–Crippen LogP) is 5.47. The number of imidazole rings is 1. The minimum absolute atomic E-state index is 0.165. The zero-order valence-electron chi connectivity index (χ0n) is 16.9. The lowest BCUT2D eigenvalue weighted by Gasteiger charge is -2.24. The van der Waals surface area contributed by atoms with Crippen molar-refractivity contribution in [2.45, 2.75) is 13.8 Å². The normalized spacial score (nSPS) is 10.9. The van der Waals surface area contributed by atoms with E-state index in [1.165, 1.54) is 12.1 Å². The molecule has 0 atom stereocenters. The van der Waals surface area contributed by atoms with E-state index >= 15 is 0 Å². The van der Waals surface area contributed by atoms with Crippen LogP contribution in [0.4, 0.5) is 15.8 Å². The van der Waals surface area contributed by atoms with Gasteiger partial charge in [0.2, 0.25) is 0 Å². The van der Waals surface area contributed by atoms with Crippen molar-refractivity contribution < 1.29 is 9.18 Å². The van der Waals surface area contributed by atoms with Gasteiger partial charge in [0.1, 0.15) is 11.6 Å². The maximum absolute atomic E-state index is 13.3. The van der Waals surface area contributed by atoms with Gasteiger partial charge in [-0.2, -0.15) is 0 Å². The third-order valence-electron chi connectivity index (χ3n) is 5.11. The van der Waals surface area contributed by atoms with Crippen LogP contribution in [0.1, 0.15) is 24.2 Å². The molecule has 152 valence electrons. The number of carbonyl (C=O) groups excluding carboxylic acids is 1.